The third kappa shape index (κ3) is 6.24. The van der Waals surface area contributed by atoms with E-state index in [-0.39, 0.29) is 29.3 Å². The zero-order valence-electron chi connectivity index (χ0n) is 21.8. The number of benzene rings is 2. The fraction of sp³-hybridized carbons (Fsp3) is 0.464. The fourth-order valence-electron chi connectivity index (χ4n) is 6.09. The number of nitrogens with zero attached hydrogens (tertiary/aromatic N) is 3. The summed E-state index contributed by atoms with van der Waals surface area (Å²) in [5.74, 6) is -0.304. The van der Waals surface area contributed by atoms with Crippen LogP contribution in [0.25, 0.3) is 0 Å². The smallest absolute Gasteiger partial charge is 0.351 e. The molecule has 2 fully saturated rings. The number of rotatable bonds is 6. The van der Waals surface area contributed by atoms with Crippen molar-refractivity contribution in [1.29, 1.82) is 0 Å². The summed E-state index contributed by atoms with van der Waals surface area (Å²) < 4.78 is 93.0. The molecule has 2 aliphatic rings. The second-order valence-corrected chi connectivity index (χ2v) is 10.8. The Morgan fingerprint density at radius 3 is 2.17 bits per heavy atom. The van der Waals surface area contributed by atoms with Crippen LogP contribution in [0.3, 0.4) is 0 Å². The maximum atomic E-state index is 13.6. The second kappa shape index (κ2) is 11.1. The Morgan fingerprint density at radius 2 is 1.61 bits per heavy atom. The molecular formula is C28H28F7N5O. The molecule has 1 saturated carbocycles. The zero-order chi connectivity index (χ0) is 29.4. The van der Waals surface area contributed by atoms with Gasteiger partial charge in [-0.2, -0.15) is 31.4 Å². The van der Waals surface area contributed by atoms with Gasteiger partial charge in [0.2, 0.25) is 5.91 Å². The highest BCUT2D eigenvalue weighted by molar-refractivity contribution is 5.87. The van der Waals surface area contributed by atoms with Crippen LogP contribution in [0.2, 0.25) is 0 Å². The molecule has 3 aromatic rings. The number of aromatic nitrogens is 3. The van der Waals surface area contributed by atoms with Crippen molar-refractivity contribution in [3.05, 3.63) is 82.7 Å². The Balaban J connectivity index is 1.29. The summed E-state index contributed by atoms with van der Waals surface area (Å²) >= 11 is 0. The normalized spacial score (nSPS) is 22.7. The van der Waals surface area contributed by atoms with Crippen molar-refractivity contribution in [1.82, 2.24) is 25.4 Å². The number of alkyl halides is 6. The summed E-state index contributed by atoms with van der Waals surface area (Å²) in [7, 11) is 0. The van der Waals surface area contributed by atoms with Gasteiger partial charge in [0.25, 0.3) is 0 Å². The third-order valence-electron chi connectivity index (χ3n) is 8.25. The van der Waals surface area contributed by atoms with Crippen LogP contribution >= 0.6 is 0 Å². The van der Waals surface area contributed by atoms with E-state index in [2.05, 4.69) is 25.4 Å². The maximum absolute atomic E-state index is 13.6. The lowest BCUT2D eigenvalue weighted by molar-refractivity contribution is -0.143. The molecule has 2 N–H and O–H groups in total. The van der Waals surface area contributed by atoms with Crippen molar-refractivity contribution in [2.75, 3.05) is 13.1 Å². The molecule has 2 aromatic carbocycles. The summed E-state index contributed by atoms with van der Waals surface area (Å²) in [5, 5.41) is 9.30. The van der Waals surface area contributed by atoms with Crippen molar-refractivity contribution in [3.8, 4) is 0 Å². The summed E-state index contributed by atoms with van der Waals surface area (Å²) in [6.07, 6.45) is -5.55. The molecule has 0 radical (unpaired) electrons. The van der Waals surface area contributed by atoms with Gasteiger partial charge in [0.1, 0.15) is 17.6 Å². The molecule has 1 amide bonds. The summed E-state index contributed by atoms with van der Waals surface area (Å²) in [5.41, 5.74) is -3.30. The quantitative estimate of drug-likeness (QED) is 0.351. The van der Waals surface area contributed by atoms with E-state index in [4.69, 9.17) is 0 Å². The Kier molecular flexibility index (Phi) is 7.84. The van der Waals surface area contributed by atoms with Gasteiger partial charge in [0, 0.05) is 12.6 Å². The first kappa shape index (κ1) is 29.0. The molecule has 2 heterocycles. The number of piperidine rings is 1. The van der Waals surface area contributed by atoms with Crippen LogP contribution in [0.1, 0.15) is 66.1 Å². The highest BCUT2D eigenvalue weighted by atomic mass is 19.4. The second-order valence-electron chi connectivity index (χ2n) is 10.8. The molecule has 5 rings (SSSR count). The molecule has 13 heteroatoms. The monoisotopic (exact) mass is 583 g/mol. The predicted molar refractivity (Wildman–Crippen MR) is 134 cm³/mol. The molecule has 2 unspecified atom stereocenters. The van der Waals surface area contributed by atoms with Crippen LogP contribution < -0.4 is 5.32 Å². The summed E-state index contributed by atoms with van der Waals surface area (Å²) in [6.45, 7) is 1.01. The Morgan fingerprint density at radius 1 is 0.976 bits per heavy atom. The number of hydrogen-bond acceptors (Lipinski definition) is 4. The number of nitrogens with one attached hydrogen (secondary N) is 2. The van der Waals surface area contributed by atoms with Crippen LogP contribution in [0.5, 0.6) is 0 Å². The van der Waals surface area contributed by atoms with Crippen LogP contribution in [-0.2, 0) is 29.1 Å². The van der Waals surface area contributed by atoms with Crippen LogP contribution in [0.15, 0.2) is 48.8 Å². The molecule has 1 aliphatic carbocycles. The van der Waals surface area contributed by atoms with Gasteiger partial charge in [-0.15, -0.1) is 0 Å². The van der Waals surface area contributed by atoms with Gasteiger partial charge in [0.15, 0.2) is 5.82 Å². The van der Waals surface area contributed by atoms with E-state index in [9.17, 15) is 35.5 Å². The molecule has 6 nitrogen and oxygen atoms in total. The molecule has 220 valence electrons. The van der Waals surface area contributed by atoms with Gasteiger partial charge in [-0.3, -0.25) is 9.89 Å². The highest BCUT2D eigenvalue weighted by Gasteiger charge is 2.51. The number of likely N-dealkylation sites (tertiary alicyclic amines) is 1. The number of hydrogen-bond donors (Lipinski definition) is 2. The number of halogens is 7. The van der Waals surface area contributed by atoms with Gasteiger partial charge >= 0.3 is 12.4 Å². The number of carbonyl (C=O) groups excluding carboxylic acids is 1. The van der Waals surface area contributed by atoms with Crippen molar-refractivity contribution in [3.63, 3.8) is 0 Å². The number of H-pyrrole nitrogens is 1. The average molecular weight is 584 g/mol. The van der Waals surface area contributed by atoms with Crippen LogP contribution in [-0.4, -0.2) is 45.1 Å². The van der Waals surface area contributed by atoms with E-state index in [1.54, 1.807) is 12.1 Å². The fourth-order valence-corrected chi connectivity index (χ4v) is 6.09. The van der Waals surface area contributed by atoms with Crippen molar-refractivity contribution in [2.24, 2.45) is 0 Å². The van der Waals surface area contributed by atoms with Crippen molar-refractivity contribution >= 4 is 5.91 Å². The standard InChI is InChI=1S/C28H28F7N5O/c29-22-3-1-18(2-4-22)19-6-9-40(10-7-19)23-5-8-26(14-23,24-37-16-38-39-24)25(41)36-15-17-11-20(27(30,31)32)13-21(12-17)28(33,34)35/h1-4,11-13,16,19,23H,5-10,14-15H2,(H,36,41)(H,37,38,39). The average Bonchev–Trinajstić information content (AvgIpc) is 3.63. The Labute approximate surface area is 231 Å². The van der Waals surface area contributed by atoms with Gasteiger partial charge in [-0.25, -0.2) is 9.37 Å². The number of amides is 1. The van der Waals surface area contributed by atoms with Crippen LogP contribution in [0.4, 0.5) is 30.7 Å². The minimum atomic E-state index is -4.98. The van der Waals surface area contributed by atoms with E-state index in [0.717, 1.165) is 31.5 Å². The topological polar surface area (TPSA) is 73.9 Å². The predicted octanol–water partition coefficient (Wildman–Crippen LogP) is 5.97. The van der Waals surface area contributed by atoms with Gasteiger partial charge in [0.05, 0.1) is 11.1 Å². The molecule has 1 aliphatic heterocycles. The van der Waals surface area contributed by atoms with Crippen molar-refractivity contribution < 1.29 is 35.5 Å². The lowest BCUT2D eigenvalue weighted by atomic mass is 9.83. The number of aromatic amines is 1. The summed E-state index contributed by atoms with van der Waals surface area (Å²) in [6, 6.07) is 7.78. The third-order valence-corrected chi connectivity index (χ3v) is 8.25. The SMILES string of the molecule is O=C(NCc1cc(C(F)(F)F)cc(C(F)(F)F)c1)C1(c2nc[nH]n2)CCC(N2CCC(c3ccc(F)cc3)CC2)C1. The molecule has 0 spiro atoms. The Bertz CT molecular complexity index is 1320. The van der Waals surface area contributed by atoms with E-state index in [1.165, 1.54) is 18.5 Å². The van der Waals surface area contributed by atoms with E-state index in [1.807, 2.05) is 0 Å². The first-order chi connectivity index (χ1) is 19.3. The van der Waals surface area contributed by atoms with Gasteiger partial charge in [-0.05, 0) is 92.6 Å². The minimum absolute atomic E-state index is 0.0128. The number of carbonyl (C=O) groups is 1. The van der Waals surface area contributed by atoms with E-state index < -0.39 is 41.3 Å². The van der Waals surface area contributed by atoms with E-state index >= 15 is 0 Å². The maximum Gasteiger partial charge on any atom is 0.416 e. The van der Waals surface area contributed by atoms with E-state index in [0.29, 0.717) is 37.3 Å². The van der Waals surface area contributed by atoms with Gasteiger partial charge in [-0.1, -0.05) is 12.1 Å². The lowest BCUT2D eigenvalue weighted by Gasteiger charge is -2.37. The Hall–Kier alpha value is -3.48. The zero-order valence-corrected chi connectivity index (χ0v) is 21.8. The lowest BCUT2D eigenvalue weighted by Crippen LogP contribution is -2.46. The molecule has 41 heavy (non-hydrogen) atoms. The first-order valence-electron chi connectivity index (χ1n) is 13.3. The molecular weight excluding hydrogens is 555 g/mol. The van der Waals surface area contributed by atoms with Crippen LogP contribution in [0, 0.1) is 5.82 Å². The molecule has 0 bridgehead atoms. The van der Waals surface area contributed by atoms with Gasteiger partial charge < -0.3 is 10.2 Å². The van der Waals surface area contributed by atoms with Crippen molar-refractivity contribution in [2.45, 2.75) is 68.4 Å². The molecule has 1 saturated heterocycles. The largest absolute Gasteiger partial charge is 0.416 e. The highest BCUT2D eigenvalue weighted by Crippen LogP contribution is 2.43. The first-order valence-corrected chi connectivity index (χ1v) is 13.3. The summed E-state index contributed by atoms with van der Waals surface area (Å²) in [4.78, 5) is 20.1. The minimum Gasteiger partial charge on any atom is -0.351 e. The molecule has 2 atom stereocenters. The molecule has 1 aromatic heterocycles.